The molecule has 136 valence electrons. The summed E-state index contributed by atoms with van der Waals surface area (Å²) in [5.74, 6) is 0.827. The molecule has 1 N–H and O–H groups in total. The lowest BCUT2D eigenvalue weighted by molar-refractivity contribution is -0.169. The van der Waals surface area contributed by atoms with E-state index in [1.54, 1.807) is 25.3 Å². The predicted molar refractivity (Wildman–Crippen MR) is 95.6 cm³/mol. The van der Waals surface area contributed by atoms with Crippen molar-refractivity contribution in [3.05, 3.63) is 36.0 Å². The van der Waals surface area contributed by atoms with Crippen molar-refractivity contribution in [2.75, 3.05) is 36.5 Å². The van der Waals surface area contributed by atoms with E-state index in [0.717, 1.165) is 37.4 Å². The highest BCUT2D eigenvalue weighted by Gasteiger charge is 2.40. The first-order valence-corrected chi connectivity index (χ1v) is 8.74. The van der Waals surface area contributed by atoms with E-state index in [4.69, 9.17) is 9.47 Å². The Morgan fingerprint density at radius 3 is 2.50 bits per heavy atom. The van der Waals surface area contributed by atoms with Crippen LogP contribution in [-0.4, -0.2) is 53.1 Å². The SMILES string of the molecule is CC(=O)c1ccc(Nc2nncc(N3CCC4(CC3)OCCO4)n2)cc1. The first-order chi connectivity index (χ1) is 12.6. The second-order valence-electron chi connectivity index (χ2n) is 6.49. The fourth-order valence-electron chi connectivity index (χ4n) is 3.28. The number of anilines is 3. The Morgan fingerprint density at radius 2 is 1.85 bits per heavy atom. The summed E-state index contributed by atoms with van der Waals surface area (Å²) in [4.78, 5) is 18.1. The monoisotopic (exact) mass is 355 g/mol. The number of ketones is 1. The first-order valence-electron chi connectivity index (χ1n) is 8.74. The maximum Gasteiger partial charge on any atom is 0.249 e. The van der Waals surface area contributed by atoms with Gasteiger partial charge < -0.3 is 19.7 Å². The van der Waals surface area contributed by atoms with Crippen molar-refractivity contribution in [3.8, 4) is 0 Å². The van der Waals surface area contributed by atoms with Crippen LogP contribution in [0.25, 0.3) is 0 Å². The number of piperidine rings is 1. The Kier molecular flexibility index (Phi) is 4.52. The van der Waals surface area contributed by atoms with E-state index in [0.29, 0.717) is 24.7 Å². The van der Waals surface area contributed by atoms with Gasteiger partial charge in [0.1, 0.15) is 0 Å². The van der Waals surface area contributed by atoms with E-state index in [2.05, 4.69) is 25.4 Å². The van der Waals surface area contributed by atoms with Gasteiger partial charge in [-0.15, -0.1) is 5.10 Å². The van der Waals surface area contributed by atoms with E-state index < -0.39 is 5.79 Å². The molecule has 0 saturated carbocycles. The number of nitrogens with one attached hydrogen (secondary N) is 1. The topological polar surface area (TPSA) is 89.5 Å². The van der Waals surface area contributed by atoms with Crippen molar-refractivity contribution in [1.82, 2.24) is 15.2 Å². The van der Waals surface area contributed by atoms with Gasteiger partial charge >= 0.3 is 0 Å². The number of Topliss-reactive ketones (excluding diaryl/α,β-unsaturated/α-hetero) is 1. The highest BCUT2D eigenvalue weighted by molar-refractivity contribution is 5.94. The van der Waals surface area contributed by atoms with Gasteiger partial charge in [-0.05, 0) is 31.2 Å². The molecule has 2 fully saturated rings. The summed E-state index contributed by atoms with van der Waals surface area (Å²) in [7, 11) is 0. The van der Waals surface area contributed by atoms with E-state index >= 15 is 0 Å². The Bertz CT molecular complexity index is 780. The van der Waals surface area contributed by atoms with Crippen molar-refractivity contribution in [2.45, 2.75) is 25.6 Å². The summed E-state index contributed by atoms with van der Waals surface area (Å²) in [6, 6.07) is 7.19. The molecule has 0 bridgehead atoms. The van der Waals surface area contributed by atoms with Crippen molar-refractivity contribution in [3.63, 3.8) is 0 Å². The molecule has 1 aromatic heterocycles. The molecule has 1 spiro atoms. The average molecular weight is 355 g/mol. The third-order valence-corrected chi connectivity index (χ3v) is 4.76. The Labute approximate surface area is 151 Å². The highest BCUT2D eigenvalue weighted by Crippen LogP contribution is 2.32. The van der Waals surface area contributed by atoms with Crippen LogP contribution in [0.2, 0.25) is 0 Å². The largest absolute Gasteiger partial charge is 0.355 e. The maximum absolute atomic E-state index is 11.3. The molecule has 8 nitrogen and oxygen atoms in total. The van der Waals surface area contributed by atoms with Crippen LogP contribution in [0.3, 0.4) is 0 Å². The molecule has 2 aliphatic heterocycles. The Morgan fingerprint density at radius 1 is 1.15 bits per heavy atom. The minimum Gasteiger partial charge on any atom is -0.355 e. The number of hydrogen-bond donors (Lipinski definition) is 1. The lowest BCUT2D eigenvalue weighted by Crippen LogP contribution is -2.45. The minimum absolute atomic E-state index is 0.0366. The summed E-state index contributed by atoms with van der Waals surface area (Å²) in [6.45, 7) is 4.48. The standard InChI is InChI=1S/C18H21N5O3/c1-13(24)14-2-4-15(5-3-14)20-17-21-16(12-19-22-17)23-8-6-18(7-9-23)25-10-11-26-18/h2-5,12H,6-11H2,1H3,(H,20,21,22). The number of ether oxygens (including phenoxy) is 2. The third kappa shape index (κ3) is 3.51. The molecule has 1 aromatic carbocycles. The summed E-state index contributed by atoms with van der Waals surface area (Å²) in [5.41, 5.74) is 1.47. The van der Waals surface area contributed by atoms with E-state index in [9.17, 15) is 4.79 Å². The number of aromatic nitrogens is 3. The Hall–Kier alpha value is -2.58. The van der Waals surface area contributed by atoms with Crippen LogP contribution in [0.5, 0.6) is 0 Å². The van der Waals surface area contributed by atoms with Crippen LogP contribution in [0.4, 0.5) is 17.5 Å². The van der Waals surface area contributed by atoms with Crippen molar-refractivity contribution in [1.29, 1.82) is 0 Å². The number of hydrogen-bond acceptors (Lipinski definition) is 8. The van der Waals surface area contributed by atoms with Crippen LogP contribution in [0.15, 0.2) is 30.5 Å². The van der Waals surface area contributed by atoms with Gasteiger partial charge in [-0.1, -0.05) is 0 Å². The van der Waals surface area contributed by atoms with Gasteiger partial charge in [-0.25, -0.2) is 0 Å². The molecular weight excluding hydrogens is 334 g/mol. The van der Waals surface area contributed by atoms with Gasteiger partial charge in [0.25, 0.3) is 0 Å². The normalized spacial score (nSPS) is 18.9. The molecule has 4 rings (SSSR count). The van der Waals surface area contributed by atoms with Gasteiger partial charge in [0.15, 0.2) is 17.4 Å². The number of carbonyl (C=O) groups excluding carboxylic acids is 1. The summed E-state index contributed by atoms with van der Waals surface area (Å²) >= 11 is 0. The molecule has 0 radical (unpaired) electrons. The molecule has 2 aliphatic rings. The van der Waals surface area contributed by atoms with Gasteiger partial charge in [0.05, 0.1) is 19.4 Å². The molecule has 2 aromatic rings. The molecule has 26 heavy (non-hydrogen) atoms. The van der Waals surface area contributed by atoms with Crippen LogP contribution < -0.4 is 10.2 Å². The van der Waals surface area contributed by atoms with Crippen molar-refractivity contribution >= 4 is 23.2 Å². The van der Waals surface area contributed by atoms with Crippen molar-refractivity contribution in [2.24, 2.45) is 0 Å². The molecule has 0 atom stereocenters. The number of carbonyl (C=O) groups is 1. The van der Waals surface area contributed by atoms with E-state index in [1.807, 2.05) is 12.1 Å². The van der Waals surface area contributed by atoms with Crippen LogP contribution in [0, 0.1) is 0 Å². The van der Waals surface area contributed by atoms with E-state index in [1.165, 1.54) is 0 Å². The van der Waals surface area contributed by atoms with Crippen LogP contribution in [0.1, 0.15) is 30.1 Å². The third-order valence-electron chi connectivity index (χ3n) is 4.76. The summed E-state index contributed by atoms with van der Waals surface area (Å²) in [5, 5.41) is 11.2. The molecule has 8 heteroatoms. The van der Waals surface area contributed by atoms with Crippen molar-refractivity contribution < 1.29 is 14.3 Å². The molecule has 3 heterocycles. The van der Waals surface area contributed by atoms with Gasteiger partial charge in [0, 0.05) is 37.2 Å². The van der Waals surface area contributed by atoms with Crippen LogP contribution in [-0.2, 0) is 9.47 Å². The summed E-state index contributed by atoms with van der Waals surface area (Å²) < 4.78 is 11.5. The zero-order valence-corrected chi connectivity index (χ0v) is 14.6. The lowest BCUT2D eigenvalue weighted by Gasteiger charge is -2.37. The fraction of sp³-hybridized carbons (Fsp3) is 0.444. The second-order valence-corrected chi connectivity index (χ2v) is 6.49. The van der Waals surface area contributed by atoms with Crippen LogP contribution >= 0.6 is 0 Å². The lowest BCUT2D eigenvalue weighted by atomic mass is 10.0. The van der Waals surface area contributed by atoms with Gasteiger partial charge in [-0.2, -0.15) is 10.1 Å². The maximum atomic E-state index is 11.3. The number of nitrogens with zero attached hydrogens (tertiary/aromatic N) is 4. The molecule has 2 saturated heterocycles. The first kappa shape index (κ1) is 16.9. The number of benzene rings is 1. The average Bonchev–Trinajstić information content (AvgIpc) is 3.11. The van der Waals surface area contributed by atoms with Gasteiger partial charge in [0.2, 0.25) is 5.95 Å². The fourth-order valence-corrected chi connectivity index (χ4v) is 3.28. The summed E-state index contributed by atoms with van der Waals surface area (Å²) in [6.07, 6.45) is 3.29. The molecule has 0 unspecified atom stereocenters. The highest BCUT2D eigenvalue weighted by atomic mass is 16.7. The second kappa shape index (κ2) is 6.97. The molecule has 0 aliphatic carbocycles. The Balaban J connectivity index is 1.42. The molecular formula is C18H21N5O3. The smallest absolute Gasteiger partial charge is 0.249 e. The minimum atomic E-state index is -0.406. The predicted octanol–water partition coefficient (Wildman–Crippen LogP) is 2.16. The molecule has 0 amide bonds. The zero-order chi connectivity index (χ0) is 18.0. The van der Waals surface area contributed by atoms with E-state index in [-0.39, 0.29) is 5.78 Å². The zero-order valence-electron chi connectivity index (χ0n) is 14.6. The quantitative estimate of drug-likeness (QED) is 0.835. The van der Waals surface area contributed by atoms with Gasteiger partial charge in [-0.3, -0.25) is 4.79 Å². The number of rotatable bonds is 4.